The number of rotatable bonds is 6. The van der Waals surface area contributed by atoms with Crippen LogP contribution in [0.25, 0.3) is 0 Å². The molecule has 0 aliphatic carbocycles. The molecule has 1 aliphatic rings. The van der Waals surface area contributed by atoms with Crippen molar-refractivity contribution >= 4 is 11.8 Å². The van der Waals surface area contributed by atoms with Gasteiger partial charge >= 0.3 is 0 Å². The predicted octanol–water partition coefficient (Wildman–Crippen LogP) is 2.65. The second kappa shape index (κ2) is 7.91. The minimum absolute atomic E-state index is 0.368. The molecule has 112 valence electrons. The smallest absolute Gasteiger partial charge is 0.115 e. The lowest BCUT2D eigenvalue weighted by molar-refractivity contribution is 0.126. The Kier molecular flexibility index (Phi) is 6.20. The Morgan fingerprint density at radius 2 is 1.90 bits per heavy atom. The van der Waals surface area contributed by atoms with Crippen LogP contribution in [0.4, 0.5) is 0 Å². The van der Waals surface area contributed by atoms with Crippen molar-refractivity contribution in [2.75, 3.05) is 39.0 Å². The van der Waals surface area contributed by atoms with Crippen LogP contribution in [0.15, 0.2) is 24.3 Å². The third-order valence-electron chi connectivity index (χ3n) is 4.04. The third kappa shape index (κ3) is 5.00. The fourth-order valence-electron chi connectivity index (χ4n) is 2.57. The molecule has 1 aromatic carbocycles. The standard InChI is InChI=1S/C16H26N2OS/c1-14(20-2)6-7-17-8-10-18(11-9-17)13-15-4-3-5-16(19)12-15/h3-5,12,14,19H,6-11,13H2,1-2H3/t14-/m0/s1. The Hall–Kier alpha value is -0.710. The van der Waals surface area contributed by atoms with E-state index in [1.807, 2.05) is 23.9 Å². The molecule has 1 atom stereocenters. The Morgan fingerprint density at radius 3 is 2.55 bits per heavy atom. The first-order valence-corrected chi connectivity index (χ1v) is 8.71. The van der Waals surface area contributed by atoms with Crippen molar-refractivity contribution in [2.24, 2.45) is 0 Å². The van der Waals surface area contributed by atoms with E-state index in [1.54, 1.807) is 6.07 Å². The summed E-state index contributed by atoms with van der Waals surface area (Å²) >= 11 is 1.96. The molecule has 1 aromatic rings. The lowest BCUT2D eigenvalue weighted by atomic mass is 10.2. The molecule has 0 unspecified atom stereocenters. The fraction of sp³-hybridized carbons (Fsp3) is 0.625. The molecule has 2 rings (SSSR count). The highest BCUT2D eigenvalue weighted by Gasteiger charge is 2.17. The summed E-state index contributed by atoms with van der Waals surface area (Å²) in [7, 11) is 0. The number of benzene rings is 1. The number of hydrogen-bond donors (Lipinski definition) is 1. The van der Waals surface area contributed by atoms with Gasteiger partial charge in [-0.1, -0.05) is 19.1 Å². The number of thioether (sulfide) groups is 1. The summed E-state index contributed by atoms with van der Waals surface area (Å²) in [6.07, 6.45) is 3.48. The molecule has 1 N–H and O–H groups in total. The number of phenols is 1. The molecular weight excluding hydrogens is 268 g/mol. The van der Waals surface area contributed by atoms with E-state index in [4.69, 9.17) is 0 Å². The zero-order valence-electron chi connectivity index (χ0n) is 12.6. The summed E-state index contributed by atoms with van der Waals surface area (Å²) < 4.78 is 0. The van der Waals surface area contributed by atoms with E-state index in [0.717, 1.165) is 24.9 Å². The highest BCUT2D eigenvalue weighted by atomic mass is 32.2. The summed E-state index contributed by atoms with van der Waals surface area (Å²) in [6.45, 7) is 9.07. The van der Waals surface area contributed by atoms with Crippen LogP contribution < -0.4 is 0 Å². The molecule has 20 heavy (non-hydrogen) atoms. The topological polar surface area (TPSA) is 26.7 Å². The molecule has 0 radical (unpaired) electrons. The first kappa shape index (κ1) is 15.7. The van der Waals surface area contributed by atoms with Crippen LogP contribution in [-0.4, -0.2) is 59.1 Å². The van der Waals surface area contributed by atoms with Crippen LogP contribution in [0, 0.1) is 0 Å². The van der Waals surface area contributed by atoms with E-state index < -0.39 is 0 Å². The Bertz CT molecular complexity index is 405. The van der Waals surface area contributed by atoms with E-state index in [1.165, 1.54) is 31.6 Å². The lowest BCUT2D eigenvalue weighted by Crippen LogP contribution is -2.46. The van der Waals surface area contributed by atoms with Crippen LogP contribution in [0.3, 0.4) is 0 Å². The Labute approximate surface area is 127 Å². The van der Waals surface area contributed by atoms with Gasteiger partial charge in [0.05, 0.1) is 0 Å². The molecule has 4 heteroatoms. The van der Waals surface area contributed by atoms with Gasteiger partial charge in [0.2, 0.25) is 0 Å². The second-order valence-electron chi connectivity index (χ2n) is 5.62. The van der Waals surface area contributed by atoms with Crippen molar-refractivity contribution in [3.8, 4) is 5.75 Å². The molecule has 1 aliphatic heterocycles. The van der Waals surface area contributed by atoms with Gasteiger partial charge in [-0.15, -0.1) is 0 Å². The highest BCUT2D eigenvalue weighted by molar-refractivity contribution is 7.99. The molecule has 1 fully saturated rings. The summed E-state index contributed by atoms with van der Waals surface area (Å²) in [5, 5.41) is 10.3. The maximum atomic E-state index is 9.50. The summed E-state index contributed by atoms with van der Waals surface area (Å²) in [6, 6.07) is 7.61. The summed E-state index contributed by atoms with van der Waals surface area (Å²) in [4.78, 5) is 5.05. The normalized spacial score (nSPS) is 19.1. The van der Waals surface area contributed by atoms with Crippen LogP contribution in [-0.2, 0) is 6.54 Å². The third-order valence-corrected chi connectivity index (χ3v) is 5.08. The van der Waals surface area contributed by atoms with E-state index in [2.05, 4.69) is 29.0 Å². The maximum absolute atomic E-state index is 9.50. The van der Waals surface area contributed by atoms with Gasteiger partial charge in [-0.25, -0.2) is 0 Å². The molecule has 1 saturated heterocycles. The number of aromatic hydroxyl groups is 1. The summed E-state index contributed by atoms with van der Waals surface area (Å²) in [5.74, 6) is 0.368. The molecule has 3 nitrogen and oxygen atoms in total. The van der Waals surface area contributed by atoms with Crippen LogP contribution in [0.1, 0.15) is 18.9 Å². The number of hydrogen-bond acceptors (Lipinski definition) is 4. The van der Waals surface area contributed by atoms with Crippen LogP contribution >= 0.6 is 11.8 Å². The first-order valence-electron chi connectivity index (χ1n) is 7.43. The number of nitrogens with zero attached hydrogens (tertiary/aromatic N) is 2. The molecular formula is C16H26N2OS. The summed E-state index contributed by atoms with van der Waals surface area (Å²) in [5.41, 5.74) is 1.20. The molecule has 0 bridgehead atoms. The Morgan fingerprint density at radius 1 is 1.20 bits per heavy atom. The number of phenolic OH excluding ortho intramolecular Hbond substituents is 1. The minimum Gasteiger partial charge on any atom is -0.508 e. The quantitative estimate of drug-likeness (QED) is 0.872. The fourth-order valence-corrected chi connectivity index (χ4v) is 2.91. The van der Waals surface area contributed by atoms with Crippen molar-refractivity contribution in [2.45, 2.75) is 25.1 Å². The molecule has 0 amide bonds. The van der Waals surface area contributed by atoms with Crippen molar-refractivity contribution in [1.82, 2.24) is 9.80 Å². The van der Waals surface area contributed by atoms with Gasteiger partial charge in [-0.05, 0) is 36.9 Å². The molecule has 0 spiro atoms. The van der Waals surface area contributed by atoms with Gasteiger partial charge in [0, 0.05) is 38.0 Å². The number of piperazine rings is 1. The van der Waals surface area contributed by atoms with Crippen molar-refractivity contribution in [1.29, 1.82) is 0 Å². The van der Waals surface area contributed by atoms with Crippen LogP contribution in [0.2, 0.25) is 0 Å². The van der Waals surface area contributed by atoms with Gasteiger partial charge in [0.15, 0.2) is 0 Å². The highest BCUT2D eigenvalue weighted by Crippen LogP contribution is 2.15. The lowest BCUT2D eigenvalue weighted by Gasteiger charge is -2.35. The van der Waals surface area contributed by atoms with E-state index in [-0.39, 0.29) is 0 Å². The van der Waals surface area contributed by atoms with E-state index in [0.29, 0.717) is 5.75 Å². The molecule has 1 heterocycles. The van der Waals surface area contributed by atoms with Gasteiger partial charge in [-0.2, -0.15) is 11.8 Å². The predicted molar refractivity (Wildman–Crippen MR) is 87.4 cm³/mol. The first-order chi connectivity index (χ1) is 9.67. The zero-order valence-corrected chi connectivity index (χ0v) is 13.4. The van der Waals surface area contributed by atoms with Crippen molar-refractivity contribution < 1.29 is 5.11 Å². The largest absolute Gasteiger partial charge is 0.508 e. The minimum atomic E-state index is 0.368. The molecule has 0 aromatic heterocycles. The second-order valence-corrected chi connectivity index (χ2v) is 6.90. The average molecular weight is 294 g/mol. The van der Waals surface area contributed by atoms with E-state index in [9.17, 15) is 5.11 Å². The van der Waals surface area contributed by atoms with Gasteiger partial charge in [0.1, 0.15) is 5.75 Å². The Balaban J connectivity index is 1.71. The molecule has 0 saturated carbocycles. The monoisotopic (exact) mass is 294 g/mol. The van der Waals surface area contributed by atoms with Gasteiger partial charge in [-0.3, -0.25) is 4.90 Å². The van der Waals surface area contributed by atoms with Crippen LogP contribution in [0.5, 0.6) is 5.75 Å². The van der Waals surface area contributed by atoms with Crippen molar-refractivity contribution in [3.63, 3.8) is 0 Å². The van der Waals surface area contributed by atoms with Gasteiger partial charge in [0.25, 0.3) is 0 Å². The van der Waals surface area contributed by atoms with E-state index >= 15 is 0 Å². The maximum Gasteiger partial charge on any atom is 0.115 e. The van der Waals surface area contributed by atoms with Gasteiger partial charge < -0.3 is 10.0 Å². The SMILES string of the molecule is CS[C@@H](C)CCN1CCN(Cc2cccc(O)c2)CC1. The average Bonchev–Trinajstić information content (AvgIpc) is 2.46. The van der Waals surface area contributed by atoms with Crippen molar-refractivity contribution in [3.05, 3.63) is 29.8 Å². The zero-order chi connectivity index (χ0) is 14.4.